The second-order valence-corrected chi connectivity index (χ2v) is 8.64. The standard InChI is InChI=1S/2C13H20.2CH4/c1-8(2)13-7-9(3)10(4)11(5)12(13)6;1-8(2)13-10(4)7-9(3)11(5)12(13)6;;/h2*7-8H,1-6H3;2*1H4. The van der Waals surface area contributed by atoms with Gasteiger partial charge in [-0.1, -0.05) is 54.7 Å². The molecule has 2 aromatic carbocycles. The van der Waals surface area contributed by atoms with Crippen LogP contribution in [0.4, 0.5) is 0 Å². The highest BCUT2D eigenvalue weighted by atomic mass is 14.2. The van der Waals surface area contributed by atoms with Crippen LogP contribution in [-0.4, -0.2) is 0 Å². The van der Waals surface area contributed by atoms with Gasteiger partial charge >= 0.3 is 0 Å². The zero-order valence-corrected chi connectivity index (χ0v) is 19.3. The Morgan fingerprint density at radius 1 is 0.464 bits per heavy atom. The van der Waals surface area contributed by atoms with Gasteiger partial charge in [0.1, 0.15) is 0 Å². The normalized spacial score (nSPS) is 10.2. The first-order chi connectivity index (χ1) is 11.9. The van der Waals surface area contributed by atoms with E-state index in [-0.39, 0.29) is 14.9 Å². The van der Waals surface area contributed by atoms with Crippen LogP contribution in [0.5, 0.6) is 0 Å². The van der Waals surface area contributed by atoms with Gasteiger partial charge in [-0.25, -0.2) is 0 Å². The first kappa shape index (κ1) is 28.6. The first-order valence-electron chi connectivity index (χ1n) is 10.0. The molecular weight excluding hydrogens is 336 g/mol. The summed E-state index contributed by atoms with van der Waals surface area (Å²) in [5.74, 6) is 1.28. The summed E-state index contributed by atoms with van der Waals surface area (Å²) in [6.07, 6.45) is 0. The Morgan fingerprint density at radius 3 is 1.32 bits per heavy atom. The molecule has 0 atom stereocenters. The van der Waals surface area contributed by atoms with Gasteiger partial charge in [-0.3, -0.25) is 0 Å². The first-order valence-corrected chi connectivity index (χ1v) is 10.0. The Labute approximate surface area is 177 Å². The molecule has 0 unspecified atom stereocenters. The third-order valence-electron chi connectivity index (χ3n) is 6.14. The van der Waals surface area contributed by atoms with Crippen LogP contribution in [0.2, 0.25) is 0 Å². The predicted octanol–water partition coefficient (Wildman–Crippen LogP) is 9.36. The van der Waals surface area contributed by atoms with E-state index in [0.717, 1.165) is 0 Å². The molecule has 0 N–H and O–H groups in total. The lowest BCUT2D eigenvalue weighted by Crippen LogP contribution is -2.00. The molecule has 0 saturated heterocycles. The van der Waals surface area contributed by atoms with Crippen molar-refractivity contribution in [1.82, 2.24) is 0 Å². The Morgan fingerprint density at radius 2 is 0.893 bits per heavy atom. The third kappa shape index (κ3) is 6.23. The van der Waals surface area contributed by atoms with Gasteiger partial charge in [0.25, 0.3) is 0 Å². The van der Waals surface area contributed by atoms with Crippen molar-refractivity contribution >= 4 is 0 Å². The molecule has 0 heteroatoms. The van der Waals surface area contributed by atoms with Crippen LogP contribution >= 0.6 is 0 Å². The monoisotopic (exact) mass is 384 g/mol. The topological polar surface area (TPSA) is 0 Å². The van der Waals surface area contributed by atoms with Crippen LogP contribution in [0.15, 0.2) is 12.1 Å². The van der Waals surface area contributed by atoms with Crippen LogP contribution in [0.25, 0.3) is 0 Å². The van der Waals surface area contributed by atoms with E-state index in [1.165, 1.54) is 55.6 Å². The van der Waals surface area contributed by atoms with Crippen molar-refractivity contribution in [1.29, 1.82) is 0 Å². The molecule has 28 heavy (non-hydrogen) atoms. The zero-order valence-electron chi connectivity index (χ0n) is 19.3. The lowest BCUT2D eigenvalue weighted by Gasteiger charge is -2.17. The van der Waals surface area contributed by atoms with Crippen LogP contribution in [0.1, 0.15) is 110 Å². The van der Waals surface area contributed by atoms with Crippen LogP contribution < -0.4 is 0 Å². The highest BCUT2D eigenvalue weighted by Crippen LogP contribution is 2.28. The van der Waals surface area contributed by atoms with E-state index in [4.69, 9.17) is 0 Å². The fraction of sp³-hybridized carbons (Fsp3) is 0.571. The lowest BCUT2D eigenvalue weighted by atomic mass is 9.88. The molecule has 0 radical (unpaired) electrons. The number of benzene rings is 2. The van der Waals surface area contributed by atoms with Crippen molar-refractivity contribution in [2.45, 2.75) is 110 Å². The SMILES string of the molecule is C.C.Cc1cc(C(C)C)c(C)c(C)c1C.Cc1cc(C)c(C(C)C)c(C)c1C. The summed E-state index contributed by atoms with van der Waals surface area (Å²) in [6, 6.07) is 4.64. The van der Waals surface area contributed by atoms with Gasteiger partial charge in [0.15, 0.2) is 0 Å². The number of aryl methyl sites for hydroxylation is 3. The smallest absolute Gasteiger partial charge is 0.0213 e. The Bertz CT molecular complexity index is 774. The highest BCUT2D eigenvalue weighted by molar-refractivity contribution is 5.46. The predicted molar refractivity (Wildman–Crippen MR) is 132 cm³/mol. The summed E-state index contributed by atoms with van der Waals surface area (Å²) < 4.78 is 0. The maximum Gasteiger partial charge on any atom is -0.0213 e. The van der Waals surface area contributed by atoms with Gasteiger partial charge in [0, 0.05) is 0 Å². The summed E-state index contributed by atoms with van der Waals surface area (Å²) >= 11 is 0. The number of rotatable bonds is 2. The van der Waals surface area contributed by atoms with Crippen LogP contribution in [0, 0.1) is 55.4 Å². The Balaban J connectivity index is 0. The quantitative estimate of drug-likeness (QED) is 0.483. The summed E-state index contributed by atoms with van der Waals surface area (Å²) in [5, 5.41) is 0. The molecule has 0 nitrogen and oxygen atoms in total. The Hall–Kier alpha value is -1.56. The summed E-state index contributed by atoms with van der Waals surface area (Å²) in [4.78, 5) is 0. The minimum Gasteiger partial charge on any atom is -0.0776 e. The average molecular weight is 385 g/mol. The third-order valence-corrected chi connectivity index (χ3v) is 6.14. The van der Waals surface area contributed by atoms with Gasteiger partial charge in [-0.15, -0.1) is 0 Å². The summed E-state index contributed by atoms with van der Waals surface area (Å²) in [6.45, 7) is 26.8. The van der Waals surface area contributed by atoms with E-state index >= 15 is 0 Å². The minimum absolute atomic E-state index is 0. The van der Waals surface area contributed by atoms with Crippen LogP contribution in [-0.2, 0) is 0 Å². The van der Waals surface area contributed by atoms with E-state index < -0.39 is 0 Å². The molecule has 0 aliphatic rings. The molecule has 0 spiro atoms. The second kappa shape index (κ2) is 11.4. The molecule has 0 aromatic heterocycles. The van der Waals surface area contributed by atoms with E-state index in [1.54, 1.807) is 0 Å². The van der Waals surface area contributed by atoms with E-state index in [0.29, 0.717) is 11.8 Å². The molecular formula is C28H48. The largest absolute Gasteiger partial charge is 0.0776 e. The average Bonchev–Trinajstić information content (AvgIpc) is 2.54. The number of hydrogen-bond acceptors (Lipinski definition) is 0. The van der Waals surface area contributed by atoms with Gasteiger partial charge in [0.2, 0.25) is 0 Å². The highest BCUT2D eigenvalue weighted by Gasteiger charge is 2.10. The molecule has 0 fully saturated rings. The fourth-order valence-electron chi connectivity index (χ4n) is 4.04. The zero-order chi connectivity index (χ0) is 20.3. The second-order valence-electron chi connectivity index (χ2n) is 8.64. The van der Waals surface area contributed by atoms with Gasteiger partial charge in [-0.05, 0) is 123 Å². The number of hydrogen-bond donors (Lipinski definition) is 0. The summed E-state index contributed by atoms with van der Waals surface area (Å²) in [7, 11) is 0. The van der Waals surface area contributed by atoms with Crippen molar-refractivity contribution in [2.24, 2.45) is 0 Å². The maximum absolute atomic E-state index is 2.34. The van der Waals surface area contributed by atoms with E-state index in [2.05, 4.69) is 95.2 Å². The van der Waals surface area contributed by atoms with Gasteiger partial charge in [0.05, 0.1) is 0 Å². The van der Waals surface area contributed by atoms with Crippen molar-refractivity contribution < 1.29 is 0 Å². The Kier molecular flexibility index (Phi) is 11.7. The summed E-state index contributed by atoms with van der Waals surface area (Å²) in [5.41, 5.74) is 14.6. The lowest BCUT2D eigenvalue weighted by molar-refractivity contribution is 0.841. The van der Waals surface area contributed by atoms with Gasteiger partial charge in [-0.2, -0.15) is 0 Å². The molecule has 0 aliphatic heterocycles. The van der Waals surface area contributed by atoms with Crippen molar-refractivity contribution in [3.8, 4) is 0 Å². The van der Waals surface area contributed by atoms with E-state index in [1.807, 2.05) is 0 Å². The molecule has 2 rings (SSSR count). The molecule has 0 heterocycles. The molecule has 160 valence electrons. The van der Waals surface area contributed by atoms with Crippen molar-refractivity contribution in [3.63, 3.8) is 0 Å². The molecule has 2 aromatic rings. The minimum atomic E-state index is 0. The van der Waals surface area contributed by atoms with Crippen molar-refractivity contribution in [3.05, 3.63) is 67.8 Å². The molecule has 0 bridgehead atoms. The van der Waals surface area contributed by atoms with Gasteiger partial charge < -0.3 is 0 Å². The molecule has 0 aliphatic carbocycles. The fourth-order valence-corrected chi connectivity index (χ4v) is 4.04. The van der Waals surface area contributed by atoms with E-state index in [9.17, 15) is 0 Å². The van der Waals surface area contributed by atoms with Crippen molar-refractivity contribution in [2.75, 3.05) is 0 Å². The van der Waals surface area contributed by atoms with Crippen LogP contribution in [0.3, 0.4) is 0 Å². The molecule has 0 saturated carbocycles. The molecule has 0 amide bonds. The maximum atomic E-state index is 2.34.